The lowest BCUT2D eigenvalue weighted by atomic mass is 10.0. The topological polar surface area (TPSA) is 35.5 Å². The van der Waals surface area contributed by atoms with Gasteiger partial charge in [-0.05, 0) is 6.92 Å². The minimum absolute atomic E-state index is 1.08. The van der Waals surface area contributed by atoms with E-state index in [1.807, 2.05) is 4.74 Å². The number of alkyl halides is 15. The molecule has 0 amide bonds. The largest absolute Gasteiger partial charge is 0.511 e. The van der Waals surface area contributed by atoms with Crippen LogP contribution in [-0.4, -0.2) is 48.2 Å². The zero-order valence-electron chi connectivity index (χ0n) is 11.9. The molecule has 27 heavy (non-hydrogen) atoms. The number of hydrogen-bond donors (Lipinski definition) is 0. The van der Waals surface area contributed by atoms with Crippen molar-refractivity contribution in [3.05, 3.63) is 0 Å². The average molecular weight is 444 g/mol. The van der Waals surface area contributed by atoms with Gasteiger partial charge in [0.05, 0.1) is 0 Å². The molecule has 0 aliphatic carbocycles. The lowest BCUT2D eigenvalue weighted by Gasteiger charge is -2.38. The van der Waals surface area contributed by atoms with E-state index in [-0.39, 0.29) is 0 Å². The van der Waals surface area contributed by atoms with Crippen molar-refractivity contribution in [2.45, 2.75) is 49.0 Å². The van der Waals surface area contributed by atoms with Crippen molar-refractivity contribution in [2.24, 2.45) is 0 Å². The van der Waals surface area contributed by atoms with Gasteiger partial charge in [0.15, 0.2) is 0 Å². The summed E-state index contributed by atoms with van der Waals surface area (Å²) in [6.07, 6.45) is -40.4. The van der Waals surface area contributed by atoms with Gasteiger partial charge in [0.2, 0.25) is 0 Å². The van der Waals surface area contributed by atoms with E-state index < -0.39 is 55.2 Å². The quantitative estimate of drug-likeness (QED) is 0.420. The van der Waals surface area contributed by atoms with E-state index in [1.54, 1.807) is 0 Å². The summed E-state index contributed by atoms with van der Waals surface area (Å²) >= 11 is 0. The molecule has 0 aliphatic heterocycles. The molecule has 0 atom stereocenters. The molecule has 0 bridgehead atoms. The molecular weight excluding hydrogens is 441 g/mol. The summed E-state index contributed by atoms with van der Waals surface area (Å²) in [5, 5.41) is 0. The minimum Gasteiger partial charge on any atom is -0.408 e. The molecule has 0 fully saturated rings. The lowest BCUT2D eigenvalue weighted by molar-refractivity contribution is -0.449. The Kier molecular flexibility index (Phi) is 5.97. The fraction of sp³-hybridized carbons (Fsp3) is 0.889. The monoisotopic (exact) mass is 444 g/mol. The van der Waals surface area contributed by atoms with E-state index in [0.717, 1.165) is 0 Å². The molecule has 0 aromatic rings. The Morgan fingerprint density at radius 2 is 0.778 bits per heavy atom. The molecule has 3 nitrogen and oxygen atoms in total. The van der Waals surface area contributed by atoms with Gasteiger partial charge in [-0.3, -0.25) is 0 Å². The summed E-state index contributed by atoms with van der Waals surface area (Å²) < 4.78 is 190. The van der Waals surface area contributed by atoms with Crippen molar-refractivity contribution in [3.8, 4) is 0 Å². The molecule has 18 heteroatoms. The third-order valence-electron chi connectivity index (χ3n) is 2.80. The van der Waals surface area contributed by atoms with Crippen LogP contribution < -0.4 is 0 Å². The summed E-state index contributed by atoms with van der Waals surface area (Å²) in [6.45, 7) is -1.08. The lowest BCUT2D eigenvalue weighted by Crippen LogP contribution is -2.69. The first-order chi connectivity index (χ1) is 11.4. The standard InChI is InChI=1S/C9H3F15O3/c1-3(5(10,11)12,6(13,14)15)26-2(25)27-4(7(16,17)18,8(19,20)21)9(22,23)24/h1H3. The van der Waals surface area contributed by atoms with Crippen molar-refractivity contribution in [2.75, 3.05) is 0 Å². The zero-order chi connectivity index (χ0) is 22.5. The van der Waals surface area contributed by atoms with Gasteiger partial charge in [-0.2, -0.15) is 65.9 Å². The molecule has 0 aliphatic rings. The van der Waals surface area contributed by atoms with Gasteiger partial charge < -0.3 is 9.47 Å². The highest BCUT2D eigenvalue weighted by atomic mass is 19.4. The Morgan fingerprint density at radius 1 is 0.519 bits per heavy atom. The number of rotatable bonds is 2. The van der Waals surface area contributed by atoms with Crippen LogP contribution in [0.4, 0.5) is 70.7 Å². The molecule has 0 radical (unpaired) electrons. The number of ether oxygens (including phenoxy) is 2. The number of hydrogen-bond acceptors (Lipinski definition) is 3. The van der Waals surface area contributed by atoms with Gasteiger partial charge >= 0.3 is 48.2 Å². The van der Waals surface area contributed by atoms with Crippen molar-refractivity contribution >= 4 is 6.16 Å². The number of halogens is 15. The Bertz CT molecular complexity index is 495. The van der Waals surface area contributed by atoms with Crippen LogP contribution in [0.25, 0.3) is 0 Å². The predicted octanol–water partition coefficient (Wildman–Crippen LogP) is 5.45. The maximum absolute atomic E-state index is 12.4. The molecule has 0 spiro atoms. The van der Waals surface area contributed by atoms with Gasteiger partial charge in [-0.15, -0.1) is 0 Å². The second kappa shape index (κ2) is 6.39. The molecule has 0 saturated carbocycles. The summed E-state index contributed by atoms with van der Waals surface area (Å²) in [6, 6.07) is 0. The zero-order valence-corrected chi connectivity index (χ0v) is 11.9. The summed E-state index contributed by atoms with van der Waals surface area (Å²) in [7, 11) is 0. The molecular formula is C9H3F15O3. The summed E-state index contributed by atoms with van der Waals surface area (Å²) in [4.78, 5) is 10.8. The van der Waals surface area contributed by atoms with Crippen LogP contribution in [0.5, 0.6) is 0 Å². The smallest absolute Gasteiger partial charge is 0.408 e. The van der Waals surface area contributed by atoms with E-state index in [1.165, 1.54) is 0 Å². The molecule has 0 rings (SSSR count). The van der Waals surface area contributed by atoms with Crippen LogP contribution in [-0.2, 0) is 9.47 Å². The summed E-state index contributed by atoms with van der Waals surface area (Å²) in [5.41, 5.74) is -13.2. The third kappa shape index (κ3) is 4.22. The molecule has 0 aromatic carbocycles. The fourth-order valence-corrected chi connectivity index (χ4v) is 1.24. The fourth-order valence-electron chi connectivity index (χ4n) is 1.24. The summed E-state index contributed by atoms with van der Waals surface area (Å²) in [5.74, 6) is 0. The van der Waals surface area contributed by atoms with E-state index in [9.17, 15) is 70.7 Å². The van der Waals surface area contributed by atoms with Crippen LogP contribution in [0, 0.1) is 0 Å². The molecule has 0 saturated heterocycles. The van der Waals surface area contributed by atoms with Crippen LogP contribution in [0.1, 0.15) is 6.92 Å². The van der Waals surface area contributed by atoms with E-state index in [4.69, 9.17) is 0 Å². The van der Waals surface area contributed by atoms with Crippen molar-refractivity contribution in [1.29, 1.82) is 0 Å². The molecule has 0 unspecified atom stereocenters. The molecule has 162 valence electrons. The van der Waals surface area contributed by atoms with Gasteiger partial charge in [-0.25, -0.2) is 4.79 Å². The third-order valence-corrected chi connectivity index (χ3v) is 2.80. The first-order valence-electron chi connectivity index (χ1n) is 5.61. The van der Waals surface area contributed by atoms with Crippen LogP contribution in [0.3, 0.4) is 0 Å². The Labute approximate surface area is 137 Å². The van der Waals surface area contributed by atoms with Crippen LogP contribution >= 0.6 is 0 Å². The van der Waals surface area contributed by atoms with E-state index in [0.29, 0.717) is 0 Å². The van der Waals surface area contributed by atoms with Gasteiger partial charge in [0.1, 0.15) is 0 Å². The Morgan fingerprint density at radius 3 is 0.963 bits per heavy atom. The van der Waals surface area contributed by atoms with Crippen LogP contribution in [0.2, 0.25) is 0 Å². The molecule has 0 aromatic heterocycles. The van der Waals surface area contributed by atoms with E-state index >= 15 is 0 Å². The second-order valence-electron chi connectivity index (χ2n) is 4.66. The van der Waals surface area contributed by atoms with Gasteiger partial charge in [-0.1, -0.05) is 0 Å². The number of carbonyl (C=O) groups is 1. The predicted molar refractivity (Wildman–Crippen MR) is 49.0 cm³/mol. The molecule has 0 N–H and O–H groups in total. The normalized spacial score (nSPS) is 15.6. The molecule has 0 heterocycles. The average Bonchev–Trinajstić information content (AvgIpc) is 2.27. The Balaban J connectivity index is 6.31. The van der Waals surface area contributed by atoms with Crippen molar-refractivity contribution in [1.82, 2.24) is 0 Å². The number of carbonyl (C=O) groups excluding carboxylic acids is 1. The SMILES string of the molecule is CC(OC(=O)OC(C(F)(F)F)(C(F)(F)F)C(F)(F)F)(C(F)(F)F)C(F)(F)F. The van der Waals surface area contributed by atoms with Gasteiger partial charge in [0, 0.05) is 0 Å². The van der Waals surface area contributed by atoms with Crippen molar-refractivity contribution in [3.63, 3.8) is 0 Å². The first kappa shape index (κ1) is 25.2. The van der Waals surface area contributed by atoms with E-state index in [2.05, 4.69) is 4.74 Å². The highest BCUT2D eigenvalue weighted by molar-refractivity contribution is 5.62. The highest BCUT2D eigenvalue weighted by Gasteiger charge is 2.88. The van der Waals surface area contributed by atoms with Crippen LogP contribution in [0.15, 0.2) is 0 Å². The van der Waals surface area contributed by atoms with Gasteiger partial charge in [0.25, 0.3) is 0 Å². The Hall–Kier alpha value is -1.78. The van der Waals surface area contributed by atoms with Crippen molar-refractivity contribution < 1.29 is 80.1 Å². The highest BCUT2D eigenvalue weighted by Crippen LogP contribution is 2.55. The minimum atomic E-state index is -7.59. The maximum Gasteiger partial charge on any atom is 0.511 e. The first-order valence-corrected chi connectivity index (χ1v) is 5.61. The maximum atomic E-state index is 12.4. The second-order valence-corrected chi connectivity index (χ2v) is 4.66.